The van der Waals surface area contributed by atoms with Crippen molar-refractivity contribution in [2.45, 2.75) is 12.8 Å². The van der Waals surface area contributed by atoms with E-state index < -0.39 is 5.82 Å². The Balaban J connectivity index is 1.68. The lowest BCUT2D eigenvalue weighted by atomic mass is 9.98. The van der Waals surface area contributed by atoms with E-state index in [0.717, 1.165) is 16.8 Å². The molecule has 0 atom stereocenters. The summed E-state index contributed by atoms with van der Waals surface area (Å²) in [6.45, 7) is 0.289. The zero-order valence-electron chi connectivity index (χ0n) is 22.4. The predicted octanol–water partition coefficient (Wildman–Crippen LogP) is 4.39. The summed E-state index contributed by atoms with van der Waals surface area (Å²) in [5.41, 5.74) is 5.04. The molecule has 9 heteroatoms. The lowest BCUT2D eigenvalue weighted by molar-refractivity contribution is -0.140. The number of rotatable bonds is 9. The third-order valence-corrected chi connectivity index (χ3v) is 6.41. The van der Waals surface area contributed by atoms with Gasteiger partial charge in [0.15, 0.2) is 0 Å². The Hall–Kier alpha value is -4.50. The number of aryl methyl sites for hydroxylation is 1. The van der Waals surface area contributed by atoms with Crippen molar-refractivity contribution in [3.8, 4) is 0 Å². The van der Waals surface area contributed by atoms with Gasteiger partial charge in [0.1, 0.15) is 5.82 Å². The largest absolute Gasteiger partial charge is 0.469 e. The molecule has 3 aromatic carbocycles. The van der Waals surface area contributed by atoms with E-state index >= 15 is 0 Å². The number of esters is 1. The highest BCUT2D eigenvalue weighted by Crippen LogP contribution is 2.38. The van der Waals surface area contributed by atoms with Crippen molar-refractivity contribution in [2.24, 2.45) is 0 Å². The summed E-state index contributed by atoms with van der Waals surface area (Å²) in [6, 6.07) is 19.1. The second-order valence-corrected chi connectivity index (χ2v) is 9.53. The molecule has 2 amide bonds. The van der Waals surface area contributed by atoms with Gasteiger partial charge in [-0.2, -0.15) is 0 Å². The molecule has 3 aromatic rings. The maximum atomic E-state index is 13.9. The molecule has 0 aliphatic carbocycles. The Morgan fingerprint density at radius 3 is 2.31 bits per heavy atom. The lowest BCUT2D eigenvalue weighted by Gasteiger charge is -2.20. The van der Waals surface area contributed by atoms with Gasteiger partial charge in [0.05, 0.1) is 30.6 Å². The second-order valence-electron chi connectivity index (χ2n) is 9.53. The number of hydrogen-bond acceptors (Lipinski definition) is 6. The zero-order valence-corrected chi connectivity index (χ0v) is 22.4. The van der Waals surface area contributed by atoms with Crippen LogP contribution < -0.4 is 15.5 Å². The van der Waals surface area contributed by atoms with Crippen molar-refractivity contribution >= 4 is 46.1 Å². The van der Waals surface area contributed by atoms with E-state index in [2.05, 4.69) is 10.6 Å². The Morgan fingerprint density at radius 1 is 0.974 bits per heavy atom. The molecule has 0 saturated carbocycles. The standard InChI is InChI=1S/C30H31FN4O4/c1-34(2)18-26(36)35(3)23-13-11-22(12-14-23)32-29(20-8-5-19(6-9-20)7-16-27(37)39-4)28-24-15-10-21(31)17-25(24)33-30(28)38/h5-6,8-15,17,32H,7,16,18H2,1-4H3,(H,33,38). The maximum Gasteiger partial charge on any atom is 0.305 e. The smallest absolute Gasteiger partial charge is 0.305 e. The van der Waals surface area contributed by atoms with Crippen LogP contribution in [0.4, 0.5) is 21.5 Å². The molecule has 0 aromatic heterocycles. The van der Waals surface area contributed by atoms with Gasteiger partial charge < -0.3 is 25.2 Å². The van der Waals surface area contributed by atoms with Crippen LogP contribution in [0.2, 0.25) is 0 Å². The number of nitrogens with zero attached hydrogens (tertiary/aromatic N) is 2. The van der Waals surface area contributed by atoms with E-state index in [-0.39, 0.29) is 30.7 Å². The molecule has 0 bridgehead atoms. The van der Waals surface area contributed by atoms with E-state index in [1.54, 1.807) is 18.0 Å². The second kappa shape index (κ2) is 11.9. The highest BCUT2D eigenvalue weighted by atomic mass is 19.1. The summed E-state index contributed by atoms with van der Waals surface area (Å²) in [5, 5.41) is 6.12. The number of ether oxygens (including phenoxy) is 1. The number of nitrogens with one attached hydrogen (secondary N) is 2. The fraction of sp³-hybridized carbons (Fsp3) is 0.233. The number of fused-ring (bicyclic) bond motifs is 1. The Labute approximate surface area is 227 Å². The number of halogens is 1. The first-order chi connectivity index (χ1) is 18.7. The van der Waals surface area contributed by atoms with Gasteiger partial charge in [0.2, 0.25) is 5.91 Å². The summed E-state index contributed by atoms with van der Waals surface area (Å²) in [4.78, 5) is 40.5. The maximum absolute atomic E-state index is 13.9. The van der Waals surface area contributed by atoms with Crippen LogP contribution in [0, 0.1) is 5.82 Å². The van der Waals surface area contributed by atoms with E-state index in [1.165, 1.54) is 19.2 Å². The molecule has 0 fully saturated rings. The van der Waals surface area contributed by atoms with Crippen LogP contribution in [-0.2, 0) is 25.5 Å². The van der Waals surface area contributed by atoms with Gasteiger partial charge in [-0.1, -0.05) is 24.3 Å². The summed E-state index contributed by atoms with van der Waals surface area (Å²) in [6.07, 6.45) is 0.789. The number of likely N-dealkylation sites (N-methyl/N-ethyl adjacent to an activating group) is 2. The lowest BCUT2D eigenvalue weighted by Crippen LogP contribution is -2.34. The summed E-state index contributed by atoms with van der Waals surface area (Å²) >= 11 is 0. The monoisotopic (exact) mass is 530 g/mol. The van der Waals surface area contributed by atoms with Gasteiger partial charge in [-0.3, -0.25) is 14.4 Å². The number of anilines is 3. The van der Waals surface area contributed by atoms with Crippen LogP contribution in [-0.4, -0.2) is 57.5 Å². The molecule has 1 aliphatic rings. The van der Waals surface area contributed by atoms with Gasteiger partial charge in [-0.25, -0.2) is 4.39 Å². The molecule has 1 aliphatic heterocycles. The average Bonchev–Trinajstić information content (AvgIpc) is 3.24. The normalized spacial score (nSPS) is 13.5. The quantitative estimate of drug-likeness (QED) is 0.315. The molecule has 0 saturated heterocycles. The third-order valence-electron chi connectivity index (χ3n) is 6.41. The number of methoxy groups -OCH3 is 1. The van der Waals surface area contributed by atoms with E-state index in [1.807, 2.05) is 67.5 Å². The molecule has 1 heterocycles. The molecular weight excluding hydrogens is 499 g/mol. The fourth-order valence-electron chi connectivity index (χ4n) is 4.29. The number of carbonyl (C=O) groups excluding carboxylic acids is 3. The summed E-state index contributed by atoms with van der Waals surface area (Å²) < 4.78 is 18.6. The minimum Gasteiger partial charge on any atom is -0.469 e. The SMILES string of the molecule is COC(=O)CCc1ccc(C(Nc2ccc(N(C)C(=O)CN(C)C)cc2)=C2C(=O)Nc3cc(F)ccc32)cc1. The predicted molar refractivity (Wildman–Crippen MR) is 151 cm³/mol. The summed E-state index contributed by atoms with van der Waals surface area (Å²) in [7, 11) is 6.76. The third kappa shape index (κ3) is 6.50. The first-order valence-electron chi connectivity index (χ1n) is 12.5. The first kappa shape index (κ1) is 27.5. The van der Waals surface area contributed by atoms with Gasteiger partial charge in [-0.15, -0.1) is 0 Å². The van der Waals surface area contributed by atoms with Crippen molar-refractivity contribution < 1.29 is 23.5 Å². The zero-order chi connectivity index (χ0) is 28.1. The number of carbonyl (C=O) groups is 3. The fourth-order valence-corrected chi connectivity index (χ4v) is 4.29. The molecular formula is C30H31FN4O4. The van der Waals surface area contributed by atoms with Crippen LogP contribution in [0.3, 0.4) is 0 Å². The van der Waals surface area contributed by atoms with Gasteiger partial charge in [0, 0.05) is 30.4 Å². The average molecular weight is 531 g/mol. The number of hydrogen-bond donors (Lipinski definition) is 2. The molecule has 0 unspecified atom stereocenters. The molecule has 202 valence electrons. The molecule has 4 rings (SSSR count). The van der Waals surface area contributed by atoms with Crippen LogP contribution in [0.25, 0.3) is 11.3 Å². The molecule has 39 heavy (non-hydrogen) atoms. The minimum absolute atomic E-state index is 0.0396. The van der Waals surface area contributed by atoms with Crippen molar-refractivity contribution in [1.29, 1.82) is 0 Å². The van der Waals surface area contributed by atoms with E-state index in [9.17, 15) is 18.8 Å². The number of benzene rings is 3. The first-order valence-corrected chi connectivity index (χ1v) is 12.5. The van der Waals surface area contributed by atoms with Gasteiger partial charge in [-0.05, 0) is 74.1 Å². The van der Waals surface area contributed by atoms with Gasteiger partial charge in [0.25, 0.3) is 5.91 Å². The van der Waals surface area contributed by atoms with Crippen LogP contribution in [0.15, 0.2) is 66.7 Å². The van der Waals surface area contributed by atoms with E-state index in [4.69, 9.17) is 4.74 Å². The van der Waals surface area contributed by atoms with Crippen molar-refractivity contribution in [2.75, 3.05) is 50.3 Å². The van der Waals surface area contributed by atoms with Gasteiger partial charge >= 0.3 is 5.97 Å². The molecule has 0 spiro atoms. The van der Waals surface area contributed by atoms with Crippen LogP contribution in [0.5, 0.6) is 0 Å². The highest BCUT2D eigenvalue weighted by Gasteiger charge is 2.29. The molecule has 2 N–H and O–H groups in total. The summed E-state index contributed by atoms with van der Waals surface area (Å²) in [5.74, 6) is -1.11. The van der Waals surface area contributed by atoms with Crippen molar-refractivity contribution in [3.05, 3.63) is 89.2 Å². The van der Waals surface area contributed by atoms with Crippen molar-refractivity contribution in [3.63, 3.8) is 0 Å². The van der Waals surface area contributed by atoms with E-state index in [0.29, 0.717) is 34.6 Å². The topological polar surface area (TPSA) is 91.0 Å². The van der Waals surface area contributed by atoms with Crippen LogP contribution in [0.1, 0.15) is 23.1 Å². The highest BCUT2D eigenvalue weighted by molar-refractivity contribution is 6.37. The minimum atomic E-state index is -0.441. The van der Waals surface area contributed by atoms with Crippen molar-refractivity contribution in [1.82, 2.24) is 4.90 Å². The number of amides is 2. The molecule has 8 nitrogen and oxygen atoms in total. The Bertz CT molecular complexity index is 1420. The molecule has 0 radical (unpaired) electrons. The Kier molecular flexibility index (Phi) is 8.41. The van der Waals surface area contributed by atoms with Crippen LogP contribution >= 0.6 is 0 Å². The Morgan fingerprint density at radius 2 is 1.67 bits per heavy atom.